The minimum absolute atomic E-state index is 0.0343. The number of carbonyl (C=O) groups is 1. The molecule has 2 aliphatic heterocycles. The first-order chi connectivity index (χ1) is 12.7. The summed E-state index contributed by atoms with van der Waals surface area (Å²) in [6, 6.07) is 5.83. The van der Waals surface area contributed by atoms with Crippen molar-refractivity contribution in [1.82, 2.24) is 25.7 Å². The van der Waals surface area contributed by atoms with E-state index < -0.39 is 0 Å². The number of rotatable bonds is 4. The van der Waals surface area contributed by atoms with E-state index in [4.69, 9.17) is 4.42 Å². The third-order valence-electron chi connectivity index (χ3n) is 5.01. The van der Waals surface area contributed by atoms with Gasteiger partial charge in [-0.2, -0.15) is 0 Å². The van der Waals surface area contributed by atoms with Gasteiger partial charge in [-0.05, 0) is 44.4 Å². The Labute approximate surface area is 152 Å². The molecule has 0 spiro atoms. The van der Waals surface area contributed by atoms with E-state index in [1.807, 2.05) is 24.0 Å². The van der Waals surface area contributed by atoms with Crippen molar-refractivity contribution in [3.8, 4) is 0 Å². The molecule has 4 heterocycles. The zero-order chi connectivity index (χ0) is 17.9. The Morgan fingerprint density at radius 1 is 1.23 bits per heavy atom. The predicted octanol–water partition coefficient (Wildman–Crippen LogP) is 1.39. The average molecular weight is 356 g/mol. The van der Waals surface area contributed by atoms with Crippen LogP contribution in [0, 0.1) is 6.92 Å². The van der Waals surface area contributed by atoms with Gasteiger partial charge in [-0.1, -0.05) is 0 Å². The summed E-state index contributed by atoms with van der Waals surface area (Å²) in [6.07, 6.45) is 5.94. The molecule has 2 unspecified atom stereocenters. The third kappa shape index (κ3) is 3.71. The van der Waals surface area contributed by atoms with Crippen molar-refractivity contribution in [1.29, 1.82) is 0 Å². The van der Waals surface area contributed by atoms with Crippen LogP contribution in [0.25, 0.3) is 0 Å². The number of piperidine rings is 1. The van der Waals surface area contributed by atoms with Crippen LogP contribution in [0.2, 0.25) is 0 Å². The highest BCUT2D eigenvalue weighted by molar-refractivity contribution is 5.82. The summed E-state index contributed by atoms with van der Waals surface area (Å²) < 4.78 is 5.66. The minimum atomic E-state index is -0.215. The van der Waals surface area contributed by atoms with Crippen molar-refractivity contribution in [2.75, 3.05) is 18.4 Å². The van der Waals surface area contributed by atoms with E-state index in [0.29, 0.717) is 18.4 Å². The molecule has 0 aromatic carbocycles. The summed E-state index contributed by atoms with van der Waals surface area (Å²) in [5.74, 6) is 2.55. The van der Waals surface area contributed by atoms with Gasteiger partial charge in [0.25, 0.3) is 0 Å². The highest BCUT2D eigenvalue weighted by atomic mass is 16.3. The smallest absolute Gasteiger partial charge is 0.241 e. The average Bonchev–Trinajstić information content (AvgIpc) is 3.32. The molecule has 2 fully saturated rings. The fourth-order valence-corrected chi connectivity index (χ4v) is 3.57. The number of hydrogen-bond donors (Lipinski definition) is 3. The molecule has 8 heteroatoms. The van der Waals surface area contributed by atoms with Gasteiger partial charge in [0.15, 0.2) is 0 Å². The van der Waals surface area contributed by atoms with E-state index in [9.17, 15) is 4.79 Å². The molecule has 2 atom stereocenters. The van der Waals surface area contributed by atoms with Crippen LogP contribution in [-0.4, -0.2) is 45.9 Å². The van der Waals surface area contributed by atoms with Crippen molar-refractivity contribution in [2.45, 2.75) is 44.3 Å². The van der Waals surface area contributed by atoms with E-state index in [1.54, 1.807) is 18.5 Å². The largest absolute Gasteiger partial charge is 0.465 e. The lowest BCUT2D eigenvalue weighted by molar-refractivity contribution is -0.134. The SMILES string of the molecule is Cc1ccc(C2CC(C(=O)N3CCC(Nc4ncccn4)CC3)NN2)o1. The van der Waals surface area contributed by atoms with Crippen LogP contribution in [0.4, 0.5) is 5.95 Å². The van der Waals surface area contributed by atoms with E-state index >= 15 is 0 Å². The number of aryl methyl sites for hydroxylation is 1. The Hall–Kier alpha value is -2.45. The second-order valence-corrected chi connectivity index (χ2v) is 6.89. The Morgan fingerprint density at radius 3 is 2.69 bits per heavy atom. The Bertz CT molecular complexity index is 741. The normalized spacial score (nSPS) is 24.0. The van der Waals surface area contributed by atoms with Crippen LogP contribution in [0.1, 0.15) is 36.8 Å². The highest BCUT2D eigenvalue weighted by Crippen LogP contribution is 2.25. The second-order valence-electron chi connectivity index (χ2n) is 6.89. The number of aromatic nitrogens is 2. The van der Waals surface area contributed by atoms with Crippen LogP contribution in [0.5, 0.6) is 0 Å². The fraction of sp³-hybridized carbons (Fsp3) is 0.500. The van der Waals surface area contributed by atoms with Crippen molar-refractivity contribution in [3.05, 3.63) is 42.1 Å². The van der Waals surface area contributed by atoms with Crippen LogP contribution in [-0.2, 0) is 4.79 Å². The quantitative estimate of drug-likeness (QED) is 0.762. The van der Waals surface area contributed by atoms with Crippen molar-refractivity contribution >= 4 is 11.9 Å². The second kappa shape index (κ2) is 7.43. The molecule has 2 aliphatic rings. The molecule has 2 aromatic rings. The van der Waals surface area contributed by atoms with Gasteiger partial charge in [-0.15, -0.1) is 0 Å². The minimum Gasteiger partial charge on any atom is -0.465 e. The number of carbonyl (C=O) groups excluding carboxylic acids is 1. The molecule has 0 radical (unpaired) electrons. The standard InChI is InChI=1S/C18H24N6O2/c1-12-3-4-16(26-12)14-11-15(23-22-14)17(25)24-9-5-13(6-10-24)21-18-19-7-2-8-20-18/h2-4,7-8,13-15,22-23H,5-6,9-11H2,1H3,(H,19,20,21). The van der Waals surface area contributed by atoms with E-state index in [1.165, 1.54) is 0 Å². The third-order valence-corrected chi connectivity index (χ3v) is 5.01. The van der Waals surface area contributed by atoms with E-state index in [-0.39, 0.29) is 18.0 Å². The molecule has 26 heavy (non-hydrogen) atoms. The lowest BCUT2D eigenvalue weighted by Crippen LogP contribution is -2.50. The lowest BCUT2D eigenvalue weighted by atomic mass is 10.0. The maximum absolute atomic E-state index is 12.8. The molecule has 1 amide bonds. The summed E-state index contributed by atoms with van der Waals surface area (Å²) in [5, 5.41) is 3.34. The van der Waals surface area contributed by atoms with E-state index in [2.05, 4.69) is 26.1 Å². The number of amides is 1. The predicted molar refractivity (Wildman–Crippen MR) is 96.1 cm³/mol. The molecule has 8 nitrogen and oxygen atoms in total. The first kappa shape index (κ1) is 17.0. The number of hydrogen-bond acceptors (Lipinski definition) is 7. The molecule has 138 valence electrons. The van der Waals surface area contributed by atoms with Crippen LogP contribution < -0.4 is 16.2 Å². The molecule has 2 saturated heterocycles. The monoisotopic (exact) mass is 356 g/mol. The van der Waals surface area contributed by atoms with E-state index in [0.717, 1.165) is 37.5 Å². The maximum Gasteiger partial charge on any atom is 0.241 e. The van der Waals surface area contributed by atoms with Gasteiger partial charge in [0.1, 0.15) is 17.6 Å². The lowest BCUT2D eigenvalue weighted by Gasteiger charge is -2.33. The number of furan rings is 1. The van der Waals surface area contributed by atoms with Gasteiger partial charge in [0, 0.05) is 31.5 Å². The number of nitrogens with zero attached hydrogens (tertiary/aromatic N) is 3. The first-order valence-electron chi connectivity index (χ1n) is 9.09. The van der Waals surface area contributed by atoms with Crippen LogP contribution in [0.15, 0.2) is 35.0 Å². The molecule has 0 bridgehead atoms. The molecule has 0 aliphatic carbocycles. The molecular weight excluding hydrogens is 332 g/mol. The molecule has 0 saturated carbocycles. The molecule has 3 N–H and O–H groups in total. The zero-order valence-corrected chi connectivity index (χ0v) is 14.8. The van der Waals surface area contributed by atoms with Crippen molar-refractivity contribution < 1.29 is 9.21 Å². The number of nitrogens with one attached hydrogen (secondary N) is 3. The molecular formula is C18H24N6O2. The van der Waals surface area contributed by atoms with Gasteiger partial charge in [0.2, 0.25) is 11.9 Å². The van der Waals surface area contributed by atoms with Gasteiger partial charge in [-0.3, -0.25) is 4.79 Å². The summed E-state index contributed by atoms with van der Waals surface area (Å²) in [4.78, 5) is 23.1. The Balaban J connectivity index is 1.27. The molecule has 2 aromatic heterocycles. The fourth-order valence-electron chi connectivity index (χ4n) is 3.57. The summed E-state index contributed by atoms with van der Waals surface area (Å²) >= 11 is 0. The summed E-state index contributed by atoms with van der Waals surface area (Å²) in [5.41, 5.74) is 6.30. The van der Waals surface area contributed by atoms with Gasteiger partial charge >= 0.3 is 0 Å². The topological polar surface area (TPSA) is 95.3 Å². The number of likely N-dealkylation sites (tertiary alicyclic amines) is 1. The number of anilines is 1. The Kier molecular flexibility index (Phi) is 4.85. The van der Waals surface area contributed by atoms with Crippen molar-refractivity contribution in [3.63, 3.8) is 0 Å². The van der Waals surface area contributed by atoms with Gasteiger partial charge in [0.05, 0.1) is 6.04 Å². The van der Waals surface area contributed by atoms with Crippen molar-refractivity contribution in [2.24, 2.45) is 0 Å². The number of hydrazine groups is 1. The highest BCUT2D eigenvalue weighted by Gasteiger charge is 2.35. The summed E-state index contributed by atoms with van der Waals surface area (Å²) in [6.45, 7) is 3.41. The van der Waals surface area contributed by atoms with Gasteiger partial charge in [-0.25, -0.2) is 20.8 Å². The maximum atomic E-state index is 12.8. The van der Waals surface area contributed by atoms with Gasteiger partial charge < -0.3 is 14.6 Å². The first-order valence-corrected chi connectivity index (χ1v) is 9.09. The summed E-state index contributed by atoms with van der Waals surface area (Å²) in [7, 11) is 0. The van der Waals surface area contributed by atoms with Crippen LogP contribution in [0.3, 0.4) is 0 Å². The van der Waals surface area contributed by atoms with Crippen LogP contribution >= 0.6 is 0 Å². The zero-order valence-electron chi connectivity index (χ0n) is 14.8. The Morgan fingerprint density at radius 2 is 2.00 bits per heavy atom. The molecule has 4 rings (SSSR count).